The van der Waals surface area contributed by atoms with Crippen molar-refractivity contribution in [1.82, 2.24) is 19.9 Å². The molecule has 0 saturated carbocycles. The fourth-order valence-corrected chi connectivity index (χ4v) is 3.63. The minimum atomic E-state index is -0.0108. The van der Waals surface area contributed by atoms with Crippen molar-refractivity contribution in [1.29, 1.82) is 0 Å². The first-order chi connectivity index (χ1) is 13.8. The van der Waals surface area contributed by atoms with E-state index < -0.39 is 0 Å². The molecular formula is C22H33N5O2. The molecular weight excluding hydrogens is 366 g/mol. The molecule has 2 aromatic heterocycles. The van der Waals surface area contributed by atoms with Gasteiger partial charge in [0.05, 0.1) is 11.3 Å². The third-order valence-corrected chi connectivity index (χ3v) is 5.43. The number of carbonyl (C=O) groups is 1. The van der Waals surface area contributed by atoms with E-state index in [1.807, 2.05) is 19.9 Å². The van der Waals surface area contributed by atoms with Crippen molar-refractivity contribution >= 4 is 11.7 Å². The lowest BCUT2D eigenvalue weighted by Gasteiger charge is -2.19. The molecule has 7 nitrogen and oxygen atoms in total. The van der Waals surface area contributed by atoms with Crippen LogP contribution in [0.25, 0.3) is 0 Å². The van der Waals surface area contributed by atoms with E-state index in [4.69, 9.17) is 9.51 Å². The van der Waals surface area contributed by atoms with E-state index in [9.17, 15) is 4.79 Å². The van der Waals surface area contributed by atoms with Crippen LogP contribution in [0.15, 0.2) is 10.6 Å². The van der Waals surface area contributed by atoms with Crippen LogP contribution in [0.4, 0.5) is 5.82 Å². The van der Waals surface area contributed by atoms with Gasteiger partial charge in [-0.2, -0.15) is 0 Å². The number of nitrogens with one attached hydrogen (secondary N) is 1. The summed E-state index contributed by atoms with van der Waals surface area (Å²) in [4.78, 5) is 21.7. The third-order valence-electron chi connectivity index (χ3n) is 5.43. The molecule has 0 spiro atoms. The molecule has 0 bridgehead atoms. The van der Waals surface area contributed by atoms with Crippen LogP contribution in [0.1, 0.15) is 52.5 Å². The van der Waals surface area contributed by atoms with E-state index >= 15 is 0 Å². The molecule has 0 aliphatic carbocycles. The van der Waals surface area contributed by atoms with Crippen LogP contribution < -0.4 is 5.32 Å². The third kappa shape index (κ3) is 4.96. The van der Waals surface area contributed by atoms with E-state index in [1.54, 1.807) is 19.0 Å². The summed E-state index contributed by atoms with van der Waals surface area (Å²) in [6.07, 6.45) is 1.75. The van der Waals surface area contributed by atoms with Crippen molar-refractivity contribution in [3.05, 3.63) is 39.9 Å². The lowest BCUT2D eigenvalue weighted by Crippen LogP contribution is -2.26. The highest BCUT2D eigenvalue weighted by Crippen LogP contribution is 2.24. The number of aromatic nitrogens is 2. The van der Waals surface area contributed by atoms with Crippen LogP contribution in [0.5, 0.6) is 0 Å². The molecule has 2 aromatic rings. The lowest BCUT2D eigenvalue weighted by atomic mass is 10.0. The predicted octanol–water partition coefficient (Wildman–Crippen LogP) is 3.06. The monoisotopic (exact) mass is 399 g/mol. The molecule has 0 aromatic carbocycles. The zero-order valence-corrected chi connectivity index (χ0v) is 18.5. The van der Waals surface area contributed by atoms with Gasteiger partial charge in [0.2, 0.25) is 0 Å². The highest BCUT2D eigenvalue weighted by molar-refractivity contribution is 5.98. The van der Waals surface area contributed by atoms with Gasteiger partial charge in [-0.05, 0) is 37.8 Å². The largest absolute Gasteiger partial charge is 0.369 e. The van der Waals surface area contributed by atoms with Gasteiger partial charge in [0.15, 0.2) is 0 Å². The van der Waals surface area contributed by atoms with Gasteiger partial charge in [-0.15, -0.1) is 0 Å². The molecule has 0 atom stereocenters. The number of hydrogen-bond acceptors (Lipinski definition) is 6. The van der Waals surface area contributed by atoms with E-state index in [0.717, 1.165) is 56.2 Å². The molecule has 1 N–H and O–H groups in total. The summed E-state index contributed by atoms with van der Waals surface area (Å²) < 4.78 is 5.32. The Morgan fingerprint density at radius 1 is 1.28 bits per heavy atom. The van der Waals surface area contributed by atoms with E-state index in [0.29, 0.717) is 17.3 Å². The minimum absolute atomic E-state index is 0.0108. The second-order valence-corrected chi connectivity index (χ2v) is 8.54. The molecule has 1 aliphatic rings. The van der Waals surface area contributed by atoms with Crippen LogP contribution in [0.2, 0.25) is 0 Å². The number of pyridine rings is 1. The first-order valence-corrected chi connectivity index (χ1v) is 10.4. The molecule has 3 rings (SSSR count). The summed E-state index contributed by atoms with van der Waals surface area (Å²) in [5.41, 5.74) is 5.06. The Labute approximate surface area is 173 Å². The maximum absolute atomic E-state index is 12.8. The van der Waals surface area contributed by atoms with Gasteiger partial charge in [0.25, 0.3) is 5.91 Å². The molecule has 7 heteroatoms. The Morgan fingerprint density at radius 2 is 2.00 bits per heavy atom. The van der Waals surface area contributed by atoms with Crippen LogP contribution in [-0.2, 0) is 19.4 Å². The van der Waals surface area contributed by atoms with Gasteiger partial charge in [-0.3, -0.25) is 9.69 Å². The van der Waals surface area contributed by atoms with Crippen LogP contribution in [-0.4, -0.2) is 59.6 Å². The molecule has 1 aliphatic heterocycles. The first-order valence-electron chi connectivity index (χ1n) is 10.4. The summed E-state index contributed by atoms with van der Waals surface area (Å²) in [6, 6.07) is 2.05. The average Bonchev–Trinajstić information content (AvgIpc) is 2.88. The zero-order valence-electron chi connectivity index (χ0n) is 18.5. The maximum Gasteiger partial charge on any atom is 0.257 e. The van der Waals surface area contributed by atoms with Crippen molar-refractivity contribution < 1.29 is 9.32 Å². The van der Waals surface area contributed by atoms with Crippen molar-refractivity contribution in [3.63, 3.8) is 0 Å². The highest BCUT2D eigenvalue weighted by atomic mass is 16.5. The number of anilines is 1. The molecule has 0 fully saturated rings. The Hall–Kier alpha value is -2.41. The van der Waals surface area contributed by atoms with Crippen molar-refractivity contribution in [2.45, 2.75) is 47.1 Å². The molecule has 1 amide bonds. The number of aryl methyl sites for hydroxylation is 2. The van der Waals surface area contributed by atoms with E-state index in [1.165, 1.54) is 11.1 Å². The standard InChI is InChI=1S/C22H33N5O2/c1-14(2)12-23-21-18(22(28)26(5)6)11-17-7-9-27(10-8-20(17)24-21)13-19-15(3)25-29-16(19)4/h11,14H,7-10,12-13H2,1-6H3,(H,23,24). The number of nitrogens with zero attached hydrogens (tertiary/aromatic N) is 4. The van der Waals surface area contributed by atoms with E-state index in [2.05, 4.69) is 29.2 Å². The number of rotatable bonds is 6. The fourth-order valence-electron chi connectivity index (χ4n) is 3.63. The summed E-state index contributed by atoms with van der Waals surface area (Å²) in [5.74, 6) is 2.06. The average molecular weight is 400 g/mol. The van der Waals surface area contributed by atoms with Gasteiger partial charge in [0, 0.05) is 58.0 Å². The number of hydrogen-bond donors (Lipinski definition) is 1. The van der Waals surface area contributed by atoms with Gasteiger partial charge in [-0.1, -0.05) is 19.0 Å². The van der Waals surface area contributed by atoms with E-state index in [-0.39, 0.29) is 5.91 Å². The maximum atomic E-state index is 12.8. The quantitative estimate of drug-likeness (QED) is 0.805. The Bertz CT molecular complexity index is 853. The molecule has 158 valence electrons. The second kappa shape index (κ2) is 8.95. The zero-order chi connectivity index (χ0) is 21.1. The molecule has 0 unspecified atom stereocenters. The topological polar surface area (TPSA) is 74.5 Å². The summed E-state index contributed by atoms with van der Waals surface area (Å²) in [6.45, 7) is 11.7. The molecule has 0 radical (unpaired) electrons. The SMILES string of the molecule is Cc1noc(C)c1CN1CCc2cc(C(=O)N(C)C)c(NCC(C)C)nc2CC1. The minimum Gasteiger partial charge on any atom is -0.369 e. The molecule has 3 heterocycles. The van der Waals surface area contributed by atoms with Crippen molar-refractivity contribution in [2.75, 3.05) is 39.0 Å². The molecule has 29 heavy (non-hydrogen) atoms. The lowest BCUT2D eigenvalue weighted by molar-refractivity contribution is 0.0828. The smallest absolute Gasteiger partial charge is 0.257 e. The predicted molar refractivity (Wildman–Crippen MR) is 114 cm³/mol. The van der Waals surface area contributed by atoms with Gasteiger partial charge >= 0.3 is 0 Å². The van der Waals surface area contributed by atoms with Gasteiger partial charge in [-0.25, -0.2) is 4.98 Å². The number of amides is 1. The number of fused-ring (bicyclic) bond motifs is 1. The highest BCUT2D eigenvalue weighted by Gasteiger charge is 2.23. The Morgan fingerprint density at radius 3 is 2.62 bits per heavy atom. The van der Waals surface area contributed by atoms with Crippen LogP contribution in [0, 0.1) is 19.8 Å². The summed E-state index contributed by atoms with van der Waals surface area (Å²) >= 11 is 0. The number of carbonyl (C=O) groups excluding carboxylic acids is 1. The normalized spacial score (nSPS) is 14.6. The first kappa shape index (κ1) is 21.3. The Kier molecular flexibility index (Phi) is 6.57. The van der Waals surface area contributed by atoms with Crippen LogP contribution >= 0.6 is 0 Å². The summed E-state index contributed by atoms with van der Waals surface area (Å²) in [5, 5.41) is 7.46. The second-order valence-electron chi connectivity index (χ2n) is 8.54. The molecule has 0 saturated heterocycles. The van der Waals surface area contributed by atoms with Crippen LogP contribution in [0.3, 0.4) is 0 Å². The summed E-state index contributed by atoms with van der Waals surface area (Å²) in [7, 11) is 3.57. The van der Waals surface area contributed by atoms with Crippen molar-refractivity contribution in [2.24, 2.45) is 5.92 Å². The van der Waals surface area contributed by atoms with Gasteiger partial charge < -0.3 is 14.7 Å². The van der Waals surface area contributed by atoms with Gasteiger partial charge in [0.1, 0.15) is 11.6 Å². The van der Waals surface area contributed by atoms with Crippen molar-refractivity contribution in [3.8, 4) is 0 Å². The fraction of sp³-hybridized carbons (Fsp3) is 0.591. The Balaban J connectivity index is 1.83.